The summed E-state index contributed by atoms with van der Waals surface area (Å²) < 4.78 is 0. The van der Waals surface area contributed by atoms with E-state index < -0.39 is 5.41 Å². The third-order valence-electron chi connectivity index (χ3n) is 3.51. The second-order valence-corrected chi connectivity index (χ2v) is 6.66. The number of nitrogens with zero attached hydrogens (tertiary/aromatic N) is 2. The highest BCUT2D eigenvalue weighted by atomic mass is 16.2. The molecule has 1 aromatic heterocycles. The molecular formula is C19H22N4O2. The van der Waals surface area contributed by atoms with Crippen LogP contribution in [0.2, 0.25) is 0 Å². The van der Waals surface area contributed by atoms with E-state index in [1.165, 1.54) is 0 Å². The van der Waals surface area contributed by atoms with Gasteiger partial charge in [0.1, 0.15) is 0 Å². The minimum Gasteiger partial charge on any atom is -0.326 e. The van der Waals surface area contributed by atoms with Crippen LogP contribution in [0.3, 0.4) is 0 Å². The molecule has 0 unspecified atom stereocenters. The van der Waals surface area contributed by atoms with E-state index >= 15 is 0 Å². The maximum Gasteiger partial charge on any atom is 0.271 e. The molecule has 6 nitrogen and oxygen atoms in total. The number of nitrogens with one attached hydrogen (secondary N) is 2. The lowest BCUT2D eigenvalue weighted by Crippen LogP contribution is -2.27. The summed E-state index contributed by atoms with van der Waals surface area (Å²) >= 11 is 0. The normalized spacial score (nSPS) is 11.8. The van der Waals surface area contributed by atoms with Gasteiger partial charge in [-0.3, -0.25) is 14.6 Å². The highest BCUT2D eigenvalue weighted by molar-refractivity contribution is 6.01. The SMILES string of the molecule is C/C(=N/NC(=O)c1ccncc1)c1ccc(NC(=O)C(C)(C)C)cc1. The van der Waals surface area contributed by atoms with Gasteiger partial charge in [-0.15, -0.1) is 0 Å². The summed E-state index contributed by atoms with van der Waals surface area (Å²) in [5, 5.41) is 6.98. The summed E-state index contributed by atoms with van der Waals surface area (Å²) in [4.78, 5) is 27.8. The Balaban J connectivity index is 2.01. The number of hydrogen-bond acceptors (Lipinski definition) is 4. The standard InChI is InChI=1S/C19H22N4O2/c1-13(22-23-17(24)15-9-11-20-12-10-15)14-5-7-16(8-6-14)21-18(25)19(2,3)4/h5-12H,1-4H3,(H,21,25)(H,23,24)/b22-13-. The molecule has 0 radical (unpaired) electrons. The predicted molar refractivity (Wildman–Crippen MR) is 98.4 cm³/mol. The molecule has 0 aliphatic carbocycles. The second-order valence-electron chi connectivity index (χ2n) is 6.66. The van der Waals surface area contributed by atoms with E-state index in [1.54, 1.807) is 31.5 Å². The summed E-state index contributed by atoms with van der Waals surface area (Å²) in [7, 11) is 0. The third kappa shape index (κ3) is 5.24. The Labute approximate surface area is 147 Å². The van der Waals surface area contributed by atoms with Crippen LogP contribution in [0.5, 0.6) is 0 Å². The van der Waals surface area contributed by atoms with Gasteiger partial charge >= 0.3 is 0 Å². The van der Waals surface area contributed by atoms with Crippen LogP contribution in [0.1, 0.15) is 43.6 Å². The Morgan fingerprint density at radius 1 is 0.960 bits per heavy atom. The summed E-state index contributed by atoms with van der Waals surface area (Å²) in [5.74, 6) is -0.342. The van der Waals surface area contributed by atoms with Gasteiger partial charge in [-0.2, -0.15) is 5.10 Å². The van der Waals surface area contributed by atoms with E-state index in [0.29, 0.717) is 11.3 Å². The fraction of sp³-hybridized carbons (Fsp3) is 0.263. The molecule has 2 amide bonds. The summed E-state index contributed by atoms with van der Waals surface area (Å²) in [6, 6.07) is 10.5. The molecule has 0 aliphatic heterocycles. The number of amides is 2. The minimum absolute atomic E-state index is 0.0461. The number of rotatable bonds is 4. The smallest absolute Gasteiger partial charge is 0.271 e. The first-order chi connectivity index (χ1) is 11.8. The first-order valence-electron chi connectivity index (χ1n) is 7.94. The summed E-state index contributed by atoms with van der Waals surface area (Å²) in [6.07, 6.45) is 3.10. The molecule has 6 heteroatoms. The van der Waals surface area contributed by atoms with Crippen LogP contribution in [0.4, 0.5) is 5.69 Å². The fourth-order valence-corrected chi connectivity index (χ4v) is 1.88. The van der Waals surface area contributed by atoms with E-state index in [9.17, 15) is 9.59 Å². The molecule has 2 N–H and O–H groups in total. The molecule has 0 atom stereocenters. The average Bonchev–Trinajstić information content (AvgIpc) is 2.60. The van der Waals surface area contributed by atoms with Crippen molar-refractivity contribution in [2.75, 3.05) is 5.32 Å². The lowest BCUT2D eigenvalue weighted by atomic mass is 9.95. The van der Waals surface area contributed by atoms with Crippen molar-refractivity contribution in [3.63, 3.8) is 0 Å². The van der Waals surface area contributed by atoms with Gasteiger partial charge in [0.25, 0.3) is 5.91 Å². The summed E-state index contributed by atoms with van der Waals surface area (Å²) in [6.45, 7) is 7.38. The fourth-order valence-electron chi connectivity index (χ4n) is 1.88. The van der Waals surface area contributed by atoms with Gasteiger partial charge in [0.15, 0.2) is 0 Å². The Kier molecular flexibility index (Phi) is 5.64. The molecule has 1 aromatic carbocycles. The van der Waals surface area contributed by atoms with Crippen molar-refractivity contribution in [2.24, 2.45) is 10.5 Å². The molecule has 0 saturated heterocycles. The molecule has 25 heavy (non-hydrogen) atoms. The van der Waals surface area contributed by atoms with Crippen LogP contribution in [0, 0.1) is 5.41 Å². The summed E-state index contributed by atoms with van der Waals surface area (Å²) in [5.41, 5.74) is 4.79. The number of anilines is 1. The van der Waals surface area contributed by atoms with Crippen LogP contribution in [0.25, 0.3) is 0 Å². The van der Waals surface area contributed by atoms with Crippen LogP contribution < -0.4 is 10.7 Å². The van der Waals surface area contributed by atoms with E-state index in [4.69, 9.17) is 0 Å². The number of aromatic nitrogens is 1. The molecule has 0 bridgehead atoms. The Hall–Kier alpha value is -3.02. The van der Waals surface area contributed by atoms with Gasteiger partial charge in [0.05, 0.1) is 5.71 Å². The largest absolute Gasteiger partial charge is 0.326 e. The molecule has 2 rings (SSSR count). The lowest BCUT2D eigenvalue weighted by Gasteiger charge is -2.17. The minimum atomic E-state index is -0.451. The van der Waals surface area contributed by atoms with Gasteiger partial charge in [-0.1, -0.05) is 32.9 Å². The van der Waals surface area contributed by atoms with Crippen LogP contribution >= 0.6 is 0 Å². The Bertz CT molecular complexity index is 775. The Morgan fingerprint density at radius 2 is 1.56 bits per heavy atom. The zero-order chi connectivity index (χ0) is 18.4. The highest BCUT2D eigenvalue weighted by Gasteiger charge is 2.21. The van der Waals surface area contributed by atoms with E-state index in [2.05, 4.69) is 20.8 Å². The van der Waals surface area contributed by atoms with Crippen LogP contribution in [-0.4, -0.2) is 22.5 Å². The molecule has 0 aliphatic rings. The number of carbonyl (C=O) groups is 2. The average molecular weight is 338 g/mol. The zero-order valence-electron chi connectivity index (χ0n) is 14.8. The number of carbonyl (C=O) groups excluding carboxylic acids is 2. The van der Waals surface area contributed by atoms with Crippen molar-refractivity contribution in [3.05, 3.63) is 59.9 Å². The van der Waals surface area contributed by atoms with Gasteiger partial charge in [-0.05, 0) is 36.8 Å². The topological polar surface area (TPSA) is 83.4 Å². The van der Waals surface area contributed by atoms with E-state index in [-0.39, 0.29) is 11.8 Å². The number of pyridine rings is 1. The number of benzene rings is 1. The monoisotopic (exact) mass is 338 g/mol. The van der Waals surface area contributed by atoms with E-state index in [1.807, 2.05) is 45.0 Å². The van der Waals surface area contributed by atoms with Crippen molar-refractivity contribution in [1.82, 2.24) is 10.4 Å². The molecule has 0 spiro atoms. The molecule has 0 fully saturated rings. The molecule has 0 saturated carbocycles. The molecule has 1 heterocycles. The first kappa shape index (κ1) is 18.3. The van der Waals surface area contributed by atoms with Crippen LogP contribution in [-0.2, 0) is 4.79 Å². The van der Waals surface area contributed by atoms with Crippen molar-refractivity contribution >= 4 is 23.2 Å². The quantitative estimate of drug-likeness (QED) is 0.663. The predicted octanol–water partition coefficient (Wildman–Crippen LogP) is 3.22. The third-order valence-corrected chi connectivity index (χ3v) is 3.51. The van der Waals surface area contributed by atoms with Gasteiger partial charge in [0.2, 0.25) is 5.91 Å². The second kappa shape index (κ2) is 7.70. The first-order valence-corrected chi connectivity index (χ1v) is 7.94. The highest BCUT2D eigenvalue weighted by Crippen LogP contribution is 2.18. The molecule has 130 valence electrons. The van der Waals surface area contributed by atoms with Crippen molar-refractivity contribution in [1.29, 1.82) is 0 Å². The molecular weight excluding hydrogens is 316 g/mol. The lowest BCUT2D eigenvalue weighted by molar-refractivity contribution is -0.123. The molecule has 2 aromatic rings. The Morgan fingerprint density at radius 3 is 2.12 bits per heavy atom. The number of hydrazone groups is 1. The van der Waals surface area contributed by atoms with Crippen LogP contribution in [0.15, 0.2) is 53.9 Å². The number of hydrogen-bond donors (Lipinski definition) is 2. The van der Waals surface area contributed by atoms with Crippen molar-refractivity contribution in [2.45, 2.75) is 27.7 Å². The van der Waals surface area contributed by atoms with E-state index in [0.717, 1.165) is 11.3 Å². The zero-order valence-corrected chi connectivity index (χ0v) is 14.8. The van der Waals surface area contributed by atoms with Crippen molar-refractivity contribution in [3.8, 4) is 0 Å². The van der Waals surface area contributed by atoms with Crippen molar-refractivity contribution < 1.29 is 9.59 Å². The van der Waals surface area contributed by atoms with Gasteiger partial charge in [0, 0.05) is 29.1 Å². The van der Waals surface area contributed by atoms with Gasteiger partial charge < -0.3 is 5.32 Å². The maximum absolute atomic E-state index is 12.0. The van der Waals surface area contributed by atoms with Gasteiger partial charge in [-0.25, -0.2) is 5.43 Å². The maximum atomic E-state index is 12.0.